The van der Waals surface area contributed by atoms with Crippen molar-refractivity contribution in [3.8, 4) is 0 Å². The fourth-order valence-electron chi connectivity index (χ4n) is 1.07. The van der Waals surface area contributed by atoms with Gasteiger partial charge < -0.3 is 5.32 Å². The van der Waals surface area contributed by atoms with Crippen molar-refractivity contribution in [3.05, 3.63) is 11.6 Å². The molecule has 1 N–H and O–H groups in total. The monoisotopic (exact) mass is 169 g/mol. The summed E-state index contributed by atoms with van der Waals surface area (Å²) in [7, 11) is 0. The van der Waals surface area contributed by atoms with E-state index in [1.165, 1.54) is 18.4 Å². The van der Waals surface area contributed by atoms with Crippen molar-refractivity contribution in [2.45, 2.75) is 40.5 Å². The number of rotatable bonds is 6. The summed E-state index contributed by atoms with van der Waals surface area (Å²) in [6.45, 7) is 11.1. The molecule has 1 heteroatoms. The lowest BCUT2D eigenvalue weighted by molar-refractivity contribution is 0.548. The molecule has 0 fully saturated rings. The van der Waals surface area contributed by atoms with Crippen LogP contribution in [0.15, 0.2) is 11.6 Å². The van der Waals surface area contributed by atoms with Gasteiger partial charge in [0.05, 0.1) is 0 Å². The van der Waals surface area contributed by atoms with Gasteiger partial charge >= 0.3 is 0 Å². The molecule has 0 heterocycles. The SMILES string of the molecule is CC=C(CC)CNCCC(C)C. The number of hydrogen-bond acceptors (Lipinski definition) is 1. The minimum atomic E-state index is 0.813. The second-order valence-corrected chi connectivity index (χ2v) is 3.66. The van der Waals surface area contributed by atoms with Crippen LogP contribution in [0.5, 0.6) is 0 Å². The van der Waals surface area contributed by atoms with Gasteiger partial charge in [0.2, 0.25) is 0 Å². The van der Waals surface area contributed by atoms with Crippen molar-refractivity contribution < 1.29 is 0 Å². The molecule has 0 aliphatic heterocycles. The number of hydrogen-bond donors (Lipinski definition) is 1. The Kier molecular flexibility index (Phi) is 7.17. The van der Waals surface area contributed by atoms with Crippen molar-refractivity contribution in [1.82, 2.24) is 5.32 Å². The summed E-state index contributed by atoms with van der Waals surface area (Å²) in [5, 5.41) is 3.45. The van der Waals surface area contributed by atoms with Crippen LogP contribution in [-0.4, -0.2) is 13.1 Å². The maximum atomic E-state index is 3.45. The van der Waals surface area contributed by atoms with Gasteiger partial charge in [-0.25, -0.2) is 0 Å². The zero-order valence-corrected chi connectivity index (χ0v) is 8.98. The van der Waals surface area contributed by atoms with Crippen LogP contribution < -0.4 is 5.32 Å². The maximum absolute atomic E-state index is 3.45. The van der Waals surface area contributed by atoms with E-state index in [0.717, 1.165) is 19.0 Å². The number of allylic oxidation sites excluding steroid dienone is 1. The zero-order chi connectivity index (χ0) is 9.40. The van der Waals surface area contributed by atoms with Crippen molar-refractivity contribution in [3.63, 3.8) is 0 Å². The zero-order valence-electron chi connectivity index (χ0n) is 8.98. The summed E-state index contributed by atoms with van der Waals surface area (Å²) in [6, 6.07) is 0. The standard InChI is InChI=1S/C11H23N/c1-5-11(6-2)9-12-8-7-10(3)4/h5,10,12H,6-9H2,1-4H3. The van der Waals surface area contributed by atoms with Crippen LogP contribution >= 0.6 is 0 Å². The highest BCUT2D eigenvalue weighted by molar-refractivity contribution is 5.01. The summed E-state index contributed by atoms with van der Waals surface area (Å²) < 4.78 is 0. The fourth-order valence-corrected chi connectivity index (χ4v) is 1.07. The Labute approximate surface area is 77.2 Å². The first-order chi connectivity index (χ1) is 5.70. The first kappa shape index (κ1) is 11.7. The van der Waals surface area contributed by atoms with E-state index in [-0.39, 0.29) is 0 Å². The molecule has 0 unspecified atom stereocenters. The lowest BCUT2D eigenvalue weighted by Crippen LogP contribution is -2.19. The van der Waals surface area contributed by atoms with Crippen LogP contribution in [0.2, 0.25) is 0 Å². The highest BCUT2D eigenvalue weighted by Crippen LogP contribution is 1.99. The second-order valence-electron chi connectivity index (χ2n) is 3.66. The van der Waals surface area contributed by atoms with Gasteiger partial charge in [-0.3, -0.25) is 0 Å². The molecule has 0 saturated carbocycles. The van der Waals surface area contributed by atoms with Crippen molar-refractivity contribution in [1.29, 1.82) is 0 Å². The van der Waals surface area contributed by atoms with E-state index in [9.17, 15) is 0 Å². The van der Waals surface area contributed by atoms with E-state index in [4.69, 9.17) is 0 Å². The summed E-state index contributed by atoms with van der Waals surface area (Å²) in [6.07, 6.45) is 4.66. The van der Waals surface area contributed by atoms with Gasteiger partial charge in [-0.05, 0) is 32.2 Å². The van der Waals surface area contributed by atoms with E-state index in [0.29, 0.717) is 0 Å². The molecular formula is C11H23N. The van der Waals surface area contributed by atoms with E-state index < -0.39 is 0 Å². The van der Waals surface area contributed by atoms with E-state index in [2.05, 4.69) is 39.1 Å². The molecular weight excluding hydrogens is 146 g/mol. The third-order valence-electron chi connectivity index (χ3n) is 2.11. The topological polar surface area (TPSA) is 12.0 Å². The molecule has 12 heavy (non-hydrogen) atoms. The molecule has 0 aromatic heterocycles. The normalized spacial score (nSPS) is 12.6. The first-order valence-corrected chi connectivity index (χ1v) is 5.05. The predicted octanol–water partition coefficient (Wildman–Crippen LogP) is 2.98. The lowest BCUT2D eigenvalue weighted by Gasteiger charge is -2.08. The van der Waals surface area contributed by atoms with E-state index >= 15 is 0 Å². The van der Waals surface area contributed by atoms with Gasteiger partial charge in [0, 0.05) is 6.54 Å². The molecule has 0 aliphatic rings. The molecule has 0 rings (SSSR count). The molecule has 0 saturated heterocycles. The average Bonchev–Trinajstić information content (AvgIpc) is 2.04. The molecule has 1 nitrogen and oxygen atoms in total. The first-order valence-electron chi connectivity index (χ1n) is 5.05. The molecule has 72 valence electrons. The summed E-state index contributed by atoms with van der Waals surface area (Å²) >= 11 is 0. The fraction of sp³-hybridized carbons (Fsp3) is 0.818. The van der Waals surface area contributed by atoms with Crippen LogP contribution in [0.4, 0.5) is 0 Å². The van der Waals surface area contributed by atoms with Gasteiger partial charge in [0.1, 0.15) is 0 Å². The Bertz CT molecular complexity index is 125. The van der Waals surface area contributed by atoms with Gasteiger partial charge in [-0.15, -0.1) is 0 Å². The third-order valence-corrected chi connectivity index (χ3v) is 2.11. The molecule has 0 bridgehead atoms. The highest BCUT2D eigenvalue weighted by Gasteiger charge is 1.94. The minimum Gasteiger partial charge on any atom is -0.313 e. The van der Waals surface area contributed by atoms with Gasteiger partial charge in [0.25, 0.3) is 0 Å². The molecule has 0 atom stereocenters. The Morgan fingerprint density at radius 3 is 2.50 bits per heavy atom. The van der Waals surface area contributed by atoms with E-state index in [1.807, 2.05) is 0 Å². The maximum Gasteiger partial charge on any atom is 0.0164 e. The Morgan fingerprint density at radius 2 is 2.08 bits per heavy atom. The summed E-state index contributed by atoms with van der Waals surface area (Å²) in [5.74, 6) is 0.813. The van der Waals surface area contributed by atoms with Crippen LogP contribution in [-0.2, 0) is 0 Å². The largest absolute Gasteiger partial charge is 0.313 e. The Hall–Kier alpha value is -0.300. The van der Waals surface area contributed by atoms with Crippen molar-refractivity contribution in [2.24, 2.45) is 5.92 Å². The van der Waals surface area contributed by atoms with Gasteiger partial charge in [0.15, 0.2) is 0 Å². The lowest BCUT2D eigenvalue weighted by atomic mass is 10.1. The van der Waals surface area contributed by atoms with Crippen LogP contribution in [0.1, 0.15) is 40.5 Å². The van der Waals surface area contributed by atoms with Gasteiger partial charge in [-0.2, -0.15) is 0 Å². The number of nitrogens with one attached hydrogen (secondary N) is 1. The summed E-state index contributed by atoms with van der Waals surface area (Å²) in [4.78, 5) is 0. The third kappa shape index (κ3) is 6.41. The van der Waals surface area contributed by atoms with Crippen molar-refractivity contribution in [2.75, 3.05) is 13.1 Å². The second kappa shape index (κ2) is 7.35. The molecule has 0 aliphatic carbocycles. The van der Waals surface area contributed by atoms with Crippen LogP contribution in [0.3, 0.4) is 0 Å². The van der Waals surface area contributed by atoms with Crippen LogP contribution in [0, 0.1) is 5.92 Å². The molecule has 0 amide bonds. The molecule has 0 spiro atoms. The molecule has 0 radical (unpaired) electrons. The quantitative estimate of drug-likeness (QED) is 0.476. The van der Waals surface area contributed by atoms with E-state index in [1.54, 1.807) is 0 Å². The predicted molar refractivity (Wildman–Crippen MR) is 56.4 cm³/mol. The minimum absolute atomic E-state index is 0.813. The summed E-state index contributed by atoms with van der Waals surface area (Å²) in [5.41, 5.74) is 1.51. The van der Waals surface area contributed by atoms with Gasteiger partial charge in [-0.1, -0.05) is 32.4 Å². The molecule has 0 aromatic rings. The molecule has 0 aromatic carbocycles. The van der Waals surface area contributed by atoms with Crippen molar-refractivity contribution >= 4 is 0 Å². The smallest absolute Gasteiger partial charge is 0.0164 e. The average molecular weight is 169 g/mol. The highest BCUT2D eigenvalue weighted by atomic mass is 14.8. The Morgan fingerprint density at radius 1 is 1.42 bits per heavy atom. The Balaban J connectivity index is 3.30. The van der Waals surface area contributed by atoms with Crippen LogP contribution in [0.25, 0.3) is 0 Å².